The highest BCUT2D eigenvalue weighted by Gasteiger charge is 2.22. The number of hydrogen-bond donors (Lipinski definition) is 3. The lowest BCUT2D eigenvalue weighted by molar-refractivity contribution is -0.383. The van der Waals surface area contributed by atoms with Crippen LogP contribution in [0.4, 0.5) is 11.4 Å². The quantitative estimate of drug-likeness (QED) is 0.0758. The number of benzene rings is 3. The van der Waals surface area contributed by atoms with Gasteiger partial charge in [0, 0.05) is 53.8 Å². The molecule has 3 N–H and O–H groups in total. The van der Waals surface area contributed by atoms with Crippen molar-refractivity contribution in [3.8, 4) is 5.75 Å². The number of carbonyl (C=O) groups excluding carboxylic acids is 3. The molecule has 0 spiro atoms. The van der Waals surface area contributed by atoms with Gasteiger partial charge >= 0.3 is 5.69 Å². The molecule has 250 valence electrons. The van der Waals surface area contributed by atoms with Crippen molar-refractivity contribution in [2.24, 2.45) is 0 Å². The molecule has 3 aromatic carbocycles. The third-order valence-electron chi connectivity index (χ3n) is 7.93. The lowest BCUT2D eigenvalue weighted by atomic mass is 10.1. The molecule has 0 aliphatic rings. The molecule has 5 aromatic rings. The second kappa shape index (κ2) is 15.4. The van der Waals surface area contributed by atoms with Crippen LogP contribution in [-0.2, 0) is 16.0 Å². The zero-order valence-electron chi connectivity index (χ0n) is 26.4. The highest BCUT2D eigenvalue weighted by Crippen LogP contribution is 2.31. The summed E-state index contributed by atoms with van der Waals surface area (Å²) in [5.41, 5.74) is 3.27. The van der Waals surface area contributed by atoms with Crippen LogP contribution < -0.4 is 20.7 Å². The number of rotatable bonds is 15. The van der Waals surface area contributed by atoms with Crippen LogP contribution in [-0.4, -0.2) is 64.3 Å². The Morgan fingerprint density at radius 2 is 1.67 bits per heavy atom. The third kappa shape index (κ3) is 7.72. The van der Waals surface area contributed by atoms with E-state index >= 15 is 0 Å². The van der Waals surface area contributed by atoms with Gasteiger partial charge in [-0.15, -0.1) is 0 Å². The largest absolute Gasteiger partial charge is 0.497 e. The number of methoxy groups -OCH3 is 1. The minimum Gasteiger partial charge on any atom is -0.497 e. The summed E-state index contributed by atoms with van der Waals surface area (Å²) in [7, 11) is 1.56. The number of aromatic nitrogens is 3. The van der Waals surface area contributed by atoms with Gasteiger partial charge in [0.2, 0.25) is 17.3 Å². The SMILES string of the molecule is COc1ccc2c(c1)c(CC(=O)NCCNC(=O)CCCCCNc1ccc([N+](=O)[O-])c3nonc13)c(C)n2C(=O)c1ccc(Cl)cc1. The predicted octanol–water partition coefficient (Wildman–Crippen LogP) is 5.19. The van der Waals surface area contributed by atoms with Crippen molar-refractivity contribution in [2.75, 3.05) is 32.1 Å². The molecule has 0 atom stereocenters. The van der Waals surface area contributed by atoms with Crippen molar-refractivity contribution < 1.29 is 28.7 Å². The zero-order chi connectivity index (χ0) is 34.2. The number of fused-ring (bicyclic) bond motifs is 2. The Balaban J connectivity index is 1.06. The standard InChI is InChI=1S/C33H34ClN7O7/c1-20-24(25-18-23(47-2)11-13-27(25)40(20)33(44)21-7-9-22(34)10-8-21)19-30(43)37-17-16-36-29(42)6-4-3-5-15-35-26-12-14-28(41(45)46)32-31(26)38-48-39-32/h7-14,18,35H,3-6,15-17,19H2,1-2H3,(H,36,42)(H,37,43). The number of ether oxygens (including phenoxy) is 1. The van der Waals surface area contributed by atoms with E-state index in [1.807, 2.05) is 13.0 Å². The molecule has 48 heavy (non-hydrogen) atoms. The van der Waals surface area contributed by atoms with Crippen LogP contribution in [0.3, 0.4) is 0 Å². The van der Waals surface area contributed by atoms with Gasteiger partial charge in [-0.3, -0.25) is 29.1 Å². The average molecular weight is 676 g/mol. The zero-order valence-corrected chi connectivity index (χ0v) is 27.1. The number of nitro groups is 1. The number of nitrogens with zero attached hydrogens (tertiary/aromatic N) is 4. The van der Waals surface area contributed by atoms with Crippen molar-refractivity contribution in [1.82, 2.24) is 25.5 Å². The summed E-state index contributed by atoms with van der Waals surface area (Å²) in [6, 6.07) is 14.9. The van der Waals surface area contributed by atoms with Gasteiger partial charge in [0.15, 0.2) is 5.52 Å². The van der Waals surface area contributed by atoms with Crippen LogP contribution in [0, 0.1) is 17.0 Å². The number of amides is 2. The number of carbonyl (C=O) groups is 3. The molecule has 15 heteroatoms. The highest BCUT2D eigenvalue weighted by molar-refractivity contribution is 6.30. The van der Waals surface area contributed by atoms with Crippen molar-refractivity contribution in [3.05, 3.63) is 86.6 Å². The molecule has 0 radical (unpaired) electrons. The van der Waals surface area contributed by atoms with E-state index in [-0.39, 0.29) is 48.4 Å². The molecule has 0 unspecified atom stereocenters. The maximum absolute atomic E-state index is 13.5. The normalized spacial score (nSPS) is 11.1. The molecule has 2 aromatic heterocycles. The fourth-order valence-electron chi connectivity index (χ4n) is 5.46. The molecule has 0 fully saturated rings. The Kier molecular flexibility index (Phi) is 10.9. The van der Waals surface area contributed by atoms with E-state index in [0.29, 0.717) is 63.7 Å². The second-order valence-corrected chi connectivity index (χ2v) is 11.5. The topological polar surface area (TPSA) is 184 Å². The maximum Gasteiger partial charge on any atom is 0.300 e. The number of nitrogens with one attached hydrogen (secondary N) is 3. The van der Waals surface area contributed by atoms with Crippen molar-refractivity contribution in [3.63, 3.8) is 0 Å². The van der Waals surface area contributed by atoms with Gasteiger partial charge in [-0.25, -0.2) is 4.63 Å². The first-order chi connectivity index (χ1) is 23.2. The fourth-order valence-corrected chi connectivity index (χ4v) is 5.59. The fraction of sp³-hybridized carbons (Fsp3) is 0.303. The molecule has 2 amide bonds. The Hall–Kier alpha value is -5.50. The second-order valence-electron chi connectivity index (χ2n) is 11.1. The smallest absolute Gasteiger partial charge is 0.300 e. The van der Waals surface area contributed by atoms with Crippen LogP contribution in [0.5, 0.6) is 5.75 Å². The molecule has 5 rings (SSSR count). The Morgan fingerprint density at radius 3 is 2.40 bits per heavy atom. The highest BCUT2D eigenvalue weighted by atomic mass is 35.5. The predicted molar refractivity (Wildman–Crippen MR) is 180 cm³/mol. The number of halogens is 1. The van der Waals surface area contributed by atoms with Gasteiger partial charge in [-0.2, -0.15) is 0 Å². The van der Waals surface area contributed by atoms with Crippen LogP contribution in [0.2, 0.25) is 5.02 Å². The van der Waals surface area contributed by atoms with E-state index in [0.717, 1.165) is 18.2 Å². The number of unbranched alkanes of at least 4 members (excludes halogenated alkanes) is 2. The monoisotopic (exact) mass is 675 g/mol. The van der Waals surface area contributed by atoms with Crippen molar-refractivity contribution >= 4 is 62.6 Å². The van der Waals surface area contributed by atoms with Gasteiger partial charge in [-0.05, 0) is 84.2 Å². The first-order valence-electron chi connectivity index (χ1n) is 15.3. The summed E-state index contributed by atoms with van der Waals surface area (Å²) >= 11 is 6.01. The lowest BCUT2D eigenvalue weighted by Crippen LogP contribution is -2.35. The molecule has 0 saturated carbocycles. The third-order valence-corrected chi connectivity index (χ3v) is 8.18. The summed E-state index contributed by atoms with van der Waals surface area (Å²) in [5.74, 6) is 0.0105. The molecular formula is C33H34ClN7O7. The molecule has 0 aliphatic heterocycles. The summed E-state index contributed by atoms with van der Waals surface area (Å²) in [5, 5.41) is 28.6. The molecule has 14 nitrogen and oxygen atoms in total. The molecule has 2 heterocycles. The van der Waals surface area contributed by atoms with Crippen LogP contribution in [0.25, 0.3) is 21.9 Å². The van der Waals surface area contributed by atoms with Crippen molar-refractivity contribution in [1.29, 1.82) is 0 Å². The summed E-state index contributed by atoms with van der Waals surface area (Å²) in [6.07, 6.45) is 2.59. The summed E-state index contributed by atoms with van der Waals surface area (Å²) in [4.78, 5) is 49.4. The Labute approximate surface area is 279 Å². The molecule has 0 aliphatic carbocycles. The molecular weight excluding hydrogens is 642 g/mol. The first kappa shape index (κ1) is 33.9. The van der Waals surface area contributed by atoms with E-state index in [1.54, 1.807) is 54.1 Å². The van der Waals surface area contributed by atoms with E-state index < -0.39 is 4.92 Å². The van der Waals surface area contributed by atoms with Gasteiger partial charge in [0.1, 0.15) is 5.75 Å². The number of non-ortho nitro benzene ring substituents is 1. The van der Waals surface area contributed by atoms with Crippen molar-refractivity contribution in [2.45, 2.75) is 39.0 Å². The van der Waals surface area contributed by atoms with Crippen LogP contribution in [0.15, 0.2) is 59.2 Å². The van der Waals surface area contributed by atoms with E-state index in [2.05, 4.69) is 30.9 Å². The average Bonchev–Trinajstić information content (AvgIpc) is 3.67. The van der Waals surface area contributed by atoms with Gasteiger partial charge in [-0.1, -0.05) is 18.0 Å². The van der Waals surface area contributed by atoms with Gasteiger partial charge in [0.25, 0.3) is 5.91 Å². The maximum atomic E-state index is 13.5. The Bertz CT molecular complexity index is 1970. The van der Waals surface area contributed by atoms with E-state index in [1.165, 1.54) is 6.07 Å². The first-order valence-corrected chi connectivity index (χ1v) is 15.7. The summed E-state index contributed by atoms with van der Waals surface area (Å²) in [6.45, 7) is 2.91. The number of anilines is 1. The lowest BCUT2D eigenvalue weighted by Gasteiger charge is -2.09. The summed E-state index contributed by atoms with van der Waals surface area (Å²) < 4.78 is 11.7. The van der Waals surface area contributed by atoms with Gasteiger partial charge < -0.3 is 20.7 Å². The number of nitro benzene ring substituents is 1. The molecule has 0 bridgehead atoms. The van der Waals surface area contributed by atoms with Gasteiger partial charge in [0.05, 0.1) is 29.7 Å². The molecule has 0 saturated heterocycles. The van der Waals surface area contributed by atoms with Crippen LogP contribution >= 0.6 is 11.6 Å². The Morgan fingerprint density at radius 1 is 0.938 bits per heavy atom. The minimum absolute atomic E-state index is 0.0386. The van der Waals surface area contributed by atoms with E-state index in [9.17, 15) is 24.5 Å². The number of hydrogen-bond acceptors (Lipinski definition) is 10. The van der Waals surface area contributed by atoms with E-state index in [4.69, 9.17) is 16.3 Å². The minimum atomic E-state index is -0.538. The van der Waals surface area contributed by atoms with Crippen LogP contribution in [0.1, 0.15) is 47.3 Å².